The molecule has 1 heterocycles. The van der Waals surface area contributed by atoms with Crippen LogP contribution in [0.3, 0.4) is 0 Å². The van der Waals surface area contributed by atoms with Gasteiger partial charge in [-0.25, -0.2) is 13.2 Å². The number of anilines is 2. The molecule has 0 saturated heterocycles. The molecule has 0 aromatic heterocycles. The van der Waals surface area contributed by atoms with Gasteiger partial charge in [-0.05, 0) is 90.2 Å². The number of benzene rings is 4. The van der Waals surface area contributed by atoms with Crippen molar-refractivity contribution < 1.29 is 45.8 Å². The number of halogens is 3. The number of aryl methyl sites for hydroxylation is 2. The number of ether oxygens (including phenoxy) is 2. The second-order valence-corrected chi connectivity index (χ2v) is 12.8. The lowest BCUT2D eigenvalue weighted by atomic mass is 9.94. The Kier molecular flexibility index (Phi) is 8.97. The molecule has 1 aliphatic heterocycles. The van der Waals surface area contributed by atoms with E-state index in [9.17, 15) is 31.2 Å². The number of amides is 2. The summed E-state index contributed by atoms with van der Waals surface area (Å²) in [5.74, 6) is 0.167. The highest BCUT2D eigenvalue weighted by Gasteiger charge is 2.46. The number of hydrogen-bond acceptors (Lipinski definition) is 6. The molecule has 13 heteroatoms. The van der Waals surface area contributed by atoms with Crippen LogP contribution in [0.4, 0.5) is 29.3 Å². The molecule has 0 saturated carbocycles. The Morgan fingerprint density at radius 1 is 0.935 bits per heavy atom. The van der Waals surface area contributed by atoms with Crippen molar-refractivity contribution in [2.24, 2.45) is 0 Å². The van der Waals surface area contributed by atoms with Crippen LogP contribution in [0, 0.1) is 13.8 Å². The molecular weight excluding hydrogens is 625 g/mol. The number of alkyl halides is 3. The largest absolute Gasteiger partial charge is 0.501 e. The van der Waals surface area contributed by atoms with E-state index in [0.717, 1.165) is 57.6 Å². The van der Waals surface area contributed by atoms with Gasteiger partial charge in [0.1, 0.15) is 18.1 Å². The fourth-order valence-electron chi connectivity index (χ4n) is 5.35. The lowest BCUT2D eigenvalue weighted by Crippen LogP contribution is -2.23. The SMILES string of the molecule is Cc1cc(NC(=O)Nc2ccc(S(=O)(=O)C(F)(F)F)cc2)cc(C)c1-c1cccc(COc2ccc3c(c2)OCC3CC(=O)O)c1. The summed E-state index contributed by atoms with van der Waals surface area (Å²) in [6.07, 6.45) is 0.00426. The average molecular weight is 655 g/mol. The minimum Gasteiger partial charge on any atom is -0.492 e. The van der Waals surface area contributed by atoms with Gasteiger partial charge >= 0.3 is 17.5 Å². The smallest absolute Gasteiger partial charge is 0.492 e. The highest BCUT2D eigenvalue weighted by Crippen LogP contribution is 2.39. The molecule has 4 aromatic rings. The number of urea groups is 1. The quantitative estimate of drug-likeness (QED) is 0.171. The number of nitrogens with one attached hydrogen (secondary N) is 2. The van der Waals surface area contributed by atoms with Crippen LogP contribution >= 0.6 is 0 Å². The summed E-state index contributed by atoms with van der Waals surface area (Å²) in [4.78, 5) is 22.8. The molecule has 0 fully saturated rings. The average Bonchev–Trinajstić information content (AvgIpc) is 3.36. The first-order chi connectivity index (χ1) is 21.7. The maximum atomic E-state index is 12.8. The van der Waals surface area contributed by atoms with Gasteiger partial charge in [-0.1, -0.05) is 24.3 Å². The van der Waals surface area contributed by atoms with E-state index in [1.165, 1.54) is 0 Å². The maximum Gasteiger partial charge on any atom is 0.501 e. The molecule has 1 aliphatic rings. The lowest BCUT2D eigenvalue weighted by Gasteiger charge is -2.15. The van der Waals surface area contributed by atoms with Crippen molar-refractivity contribution in [2.45, 2.75) is 43.2 Å². The molecule has 4 aromatic carbocycles. The Balaban J connectivity index is 1.23. The maximum absolute atomic E-state index is 12.8. The summed E-state index contributed by atoms with van der Waals surface area (Å²) in [5.41, 5.74) is 0.592. The van der Waals surface area contributed by atoms with Gasteiger partial charge in [0.15, 0.2) is 0 Å². The number of fused-ring (bicyclic) bond motifs is 1. The monoisotopic (exact) mass is 654 g/mol. The van der Waals surface area contributed by atoms with Crippen LogP contribution in [0.1, 0.15) is 34.6 Å². The number of hydrogen-bond donors (Lipinski definition) is 3. The number of carbonyl (C=O) groups is 2. The summed E-state index contributed by atoms with van der Waals surface area (Å²) >= 11 is 0. The molecule has 240 valence electrons. The van der Waals surface area contributed by atoms with E-state index in [4.69, 9.17) is 14.6 Å². The Hall–Kier alpha value is -5.04. The summed E-state index contributed by atoms with van der Waals surface area (Å²) in [5, 5.41) is 14.3. The Labute approximate surface area is 262 Å². The van der Waals surface area contributed by atoms with Crippen LogP contribution < -0.4 is 20.1 Å². The van der Waals surface area contributed by atoms with Crippen LogP contribution in [-0.4, -0.2) is 37.6 Å². The van der Waals surface area contributed by atoms with Gasteiger partial charge in [0.2, 0.25) is 0 Å². The topological polar surface area (TPSA) is 131 Å². The zero-order valence-corrected chi connectivity index (χ0v) is 25.5. The van der Waals surface area contributed by atoms with Crippen LogP contribution in [0.25, 0.3) is 11.1 Å². The van der Waals surface area contributed by atoms with Crippen molar-refractivity contribution in [3.05, 3.63) is 101 Å². The van der Waals surface area contributed by atoms with Crippen molar-refractivity contribution in [3.8, 4) is 22.6 Å². The summed E-state index contributed by atoms with van der Waals surface area (Å²) in [7, 11) is -5.49. The first-order valence-electron chi connectivity index (χ1n) is 14.0. The molecule has 1 unspecified atom stereocenters. The Bertz CT molecular complexity index is 1890. The van der Waals surface area contributed by atoms with Gasteiger partial charge in [-0.3, -0.25) is 4.79 Å². The molecule has 3 N–H and O–H groups in total. The molecule has 9 nitrogen and oxygen atoms in total. The van der Waals surface area contributed by atoms with Crippen molar-refractivity contribution in [1.29, 1.82) is 0 Å². The molecule has 46 heavy (non-hydrogen) atoms. The molecule has 0 spiro atoms. The number of rotatable bonds is 9. The Morgan fingerprint density at radius 2 is 1.61 bits per heavy atom. The van der Waals surface area contributed by atoms with Crippen LogP contribution in [0.2, 0.25) is 0 Å². The van der Waals surface area contributed by atoms with Crippen molar-refractivity contribution >= 4 is 33.2 Å². The van der Waals surface area contributed by atoms with E-state index in [1.807, 2.05) is 44.2 Å². The number of sulfone groups is 1. The Morgan fingerprint density at radius 3 is 2.26 bits per heavy atom. The lowest BCUT2D eigenvalue weighted by molar-refractivity contribution is -0.137. The van der Waals surface area contributed by atoms with Gasteiger partial charge in [0, 0.05) is 28.9 Å². The normalized spacial score (nSPS) is 14.2. The minimum atomic E-state index is -5.49. The standard InChI is InChI=1S/C33H29F3N2O7S/c1-19-12-25(38-32(41)37-24-6-9-27(10-7-24)46(42,43)33(34,35)36)13-20(2)31(19)22-5-3-4-21(14-22)17-44-26-8-11-28-23(15-30(39)40)18-45-29(28)16-26/h3-14,16,23H,15,17-18H2,1-2H3,(H,39,40)(H2,37,38,41). The van der Waals surface area contributed by atoms with Gasteiger partial charge < -0.3 is 25.2 Å². The first-order valence-corrected chi connectivity index (χ1v) is 15.5. The van der Waals surface area contributed by atoms with Gasteiger partial charge in [0.25, 0.3) is 9.84 Å². The minimum absolute atomic E-state index is 0.00426. The second kappa shape index (κ2) is 12.8. The van der Waals surface area contributed by atoms with Gasteiger partial charge in [-0.2, -0.15) is 13.2 Å². The molecule has 0 radical (unpaired) electrons. The zero-order valence-electron chi connectivity index (χ0n) is 24.6. The number of aliphatic carboxylic acids is 1. The van der Waals surface area contributed by atoms with Crippen molar-refractivity contribution in [2.75, 3.05) is 17.2 Å². The van der Waals surface area contributed by atoms with E-state index in [0.29, 0.717) is 23.8 Å². The summed E-state index contributed by atoms with van der Waals surface area (Å²) < 4.78 is 73.1. The van der Waals surface area contributed by atoms with E-state index in [-0.39, 0.29) is 24.6 Å². The fraction of sp³-hybridized carbons (Fsp3) is 0.212. The highest BCUT2D eigenvalue weighted by atomic mass is 32.2. The molecule has 2 amide bonds. The molecule has 5 rings (SSSR count). The molecule has 1 atom stereocenters. The zero-order chi connectivity index (χ0) is 33.2. The van der Waals surface area contributed by atoms with Crippen LogP contribution in [0.5, 0.6) is 11.5 Å². The predicted molar refractivity (Wildman–Crippen MR) is 165 cm³/mol. The van der Waals surface area contributed by atoms with E-state index < -0.39 is 32.2 Å². The third-order valence-corrected chi connectivity index (χ3v) is 8.93. The van der Waals surface area contributed by atoms with E-state index in [2.05, 4.69) is 10.6 Å². The van der Waals surface area contributed by atoms with Crippen molar-refractivity contribution in [1.82, 2.24) is 0 Å². The van der Waals surface area contributed by atoms with Gasteiger partial charge in [0.05, 0.1) is 17.9 Å². The number of carboxylic acids is 1. The third-order valence-electron chi connectivity index (χ3n) is 7.42. The van der Waals surface area contributed by atoms with Crippen molar-refractivity contribution in [3.63, 3.8) is 0 Å². The number of carbonyl (C=O) groups excluding carboxylic acids is 1. The fourth-order valence-corrected chi connectivity index (χ4v) is 6.11. The highest BCUT2D eigenvalue weighted by molar-refractivity contribution is 7.92. The third kappa shape index (κ3) is 7.09. The second-order valence-electron chi connectivity index (χ2n) is 10.8. The molecule has 0 bridgehead atoms. The summed E-state index contributed by atoms with van der Waals surface area (Å²) in [6, 6.07) is 19.8. The first kappa shape index (κ1) is 32.4. The van der Waals surface area contributed by atoms with Crippen LogP contribution in [-0.2, 0) is 21.2 Å². The molecular formula is C33H29F3N2O7S. The van der Waals surface area contributed by atoms with Gasteiger partial charge in [-0.15, -0.1) is 0 Å². The van der Waals surface area contributed by atoms with E-state index >= 15 is 0 Å². The predicted octanol–water partition coefficient (Wildman–Crippen LogP) is 7.44. The molecule has 0 aliphatic carbocycles. The summed E-state index contributed by atoms with van der Waals surface area (Å²) in [6.45, 7) is 4.40. The van der Waals surface area contributed by atoms with E-state index in [1.54, 1.807) is 24.3 Å². The van der Waals surface area contributed by atoms with Crippen LogP contribution in [0.15, 0.2) is 83.8 Å². The number of carboxylic acid groups (broad SMARTS) is 1.